The fourth-order valence-electron chi connectivity index (χ4n) is 1.26. The van der Waals surface area contributed by atoms with Crippen LogP contribution in [0.15, 0.2) is 12.5 Å². The molecule has 0 unspecified atom stereocenters. The van der Waals surface area contributed by atoms with Crippen LogP contribution < -0.4 is 0 Å². The molecular formula is C8H10N2O. The zero-order chi connectivity index (χ0) is 7.68. The third-order valence-corrected chi connectivity index (χ3v) is 1.98. The van der Waals surface area contributed by atoms with Gasteiger partial charge in [0.2, 0.25) is 0 Å². The Morgan fingerprint density at radius 3 is 3.18 bits per heavy atom. The lowest BCUT2D eigenvalue weighted by atomic mass is 10.3. The summed E-state index contributed by atoms with van der Waals surface area (Å²) in [7, 11) is 0. The minimum atomic E-state index is 0.497. The van der Waals surface area contributed by atoms with Crippen LogP contribution in [-0.4, -0.2) is 15.8 Å². The van der Waals surface area contributed by atoms with Crippen molar-refractivity contribution >= 4 is 6.29 Å². The van der Waals surface area contributed by atoms with Gasteiger partial charge in [-0.3, -0.25) is 0 Å². The topological polar surface area (TPSA) is 34.9 Å². The lowest BCUT2D eigenvalue weighted by molar-refractivity contribution is -0.107. The van der Waals surface area contributed by atoms with Crippen molar-refractivity contribution in [1.29, 1.82) is 0 Å². The molecule has 0 amide bonds. The first-order valence-electron chi connectivity index (χ1n) is 3.86. The van der Waals surface area contributed by atoms with Crippen LogP contribution in [0.4, 0.5) is 0 Å². The predicted octanol–water partition coefficient (Wildman–Crippen LogP) is 0.959. The maximum Gasteiger partial charge on any atom is 0.125 e. The summed E-state index contributed by atoms with van der Waals surface area (Å²) < 4.78 is 2.11. The smallest absolute Gasteiger partial charge is 0.125 e. The van der Waals surface area contributed by atoms with Crippen LogP contribution in [-0.2, 0) is 11.2 Å². The van der Waals surface area contributed by atoms with Crippen molar-refractivity contribution in [3.05, 3.63) is 18.2 Å². The highest BCUT2D eigenvalue weighted by atomic mass is 16.1. The number of nitrogens with zero attached hydrogens (tertiary/aromatic N) is 2. The van der Waals surface area contributed by atoms with Crippen molar-refractivity contribution in [3.63, 3.8) is 0 Å². The molecule has 3 heteroatoms. The van der Waals surface area contributed by atoms with Gasteiger partial charge in [0.1, 0.15) is 6.29 Å². The summed E-state index contributed by atoms with van der Waals surface area (Å²) in [4.78, 5) is 14.2. The minimum Gasteiger partial charge on any atom is -0.331 e. The van der Waals surface area contributed by atoms with Gasteiger partial charge in [0.05, 0.1) is 6.33 Å². The molecule has 0 aliphatic heterocycles. The molecule has 2 rings (SSSR count). The van der Waals surface area contributed by atoms with E-state index in [9.17, 15) is 4.79 Å². The van der Waals surface area contributed by atoms with E-state index < -0.39 is 0 Å². The molecule has 1 heterocycles. The first-order valence-corrected chi connectivity index (χ1v) is 3.86. The number of imidazole rings is 1. The Labute approximate surface area is 65.1 Å². The van der Waals surface area contributed by atoms with E-state index in [1.165, 1.54) is 12.8 Å². The van der Waals surface area contributed by atoms with Crippen molar-refractivity contribution in [2.24, 2.45) is 0 Å². The van der Waals surface area contributed by atoms with Gasteiger partial charge >= 0.3 is 0 Å². The third-order valence-electron chi connectivity index (χ3n) is 1.98. The summed E-state index contributed by atoms with van der Waals surface area (Å²) >= 11 is 0. The monoisotopic (exact) mass is 150 g/mol. The molecule has 0 radical (unpaired) electrons. The van der Waals surface area contributed by atoms with E-state index in [4.69, 9.17) is 0 Å². The maximum absolute atomic E-state index is 10.2. The maximum atomic E-state index is 10.2. The quantitative estimate of drug-likeness (QED) is 0.601. The molecule has 0 bridgehead atoms. The van der Waals surface area contributed by atoms with E-state index in [1.54, 1.807) is 6.20 Å². The Bertz CT molecular complexity index is 263. The van der Waals surface area contributed by atoms with Gasteiger partial charge < -0.3 is 9.36 Å². The normalized spacial score (nSPS) is 16.7. The van der Waals surface area contributed by atoms with Crippen molar-refractivity contribution in [2.75, 3.05) is 0 Å². The van der Waals surface area contributed by atoms with Gasteiger partial charge in [-0.05, 0) is 12.8 Å². The van der Waals surface area contributed by atoms with Crippen molar-refractivity contribution < 1.29 is 4.79 Å². The van der Waals surface area contributed by atoms with E-state index in [0.717, 1.165) is 12.0 Å². The molecule has 0 atom stereocenters. The van der Waals surface area contributed by atoms with E-state index in [1.807, 2.05) is 6.33 Å². The first kappa shape index (κ1) is 6.58. The minimum absolute atomic E-state index is 0.497. The highest BCUT2D eigenvalue weighted by molar-refractivity contribution is 5.53. The standard InChI is InChI=1S/C8H10N2O/c11-4-3-8-5-9-6-10(8)7-1-2-7/h4-7H,1-3H2. The van der Waals surface area contributed by atoms with Gasteiger partial charge in [0.25, 0.3) is 0 Å². The second-order valence-electron chi connectivity index (χ2n) is 2.89. The molecule has 58 valence electrons. The average Bonchev–Trinajstić information content (AvgIpc) is 2.75. The van der Waals surface area contributed by atoms with Crippen LogP contribution in [0.2, 0.25) is 0 Å². The van der Waals surface area contributed by atoms with Crippen LogP contribution in [0.1, 0.15) is 24.6 Å². The number of hydrogen-bond acceptors (Lipinski definition) is 2. The van der Waals surface area contributed by atoms with E-state index in [2.05, 4.69) is 9.55 Å². The number of carbonyl (C=O) groups is 1. The summed E-state index contributed by atoms with van der Waals surface area (Å²) in [6.07, 6.45) is 7.49. The zero-order valence-corrected chi connectivity index (χ0v) is 6.23. The average molecular weight is 150 g/mol. The van der Waals surface area contributed by atoms with Crippen LogP contribution in [0.3, 0.4) is 0 Å². The summed E-state index contributed by atoms with van der Waals surface area (Å²) in [5.41, 5.74) is 1.04. The molecule has 1 aliphatic rings. The highest BCUT2D eigenvalue weighted by Gasteiger charge is 2.24. The number of hydrogen-bond donors (Lipinski definition) is 0. The highest BCUT2D eigenvalue weighted by Crippen LogP contribution is 2.35. The van der Waals surface area contributed by atoms with E-state index in [-0.39, 0.29) is 0 Å². The molecule has 1 saturated carbocycles. The van der Waals surface area contributed by atoms with Crippen LogP contribution in [0.5, 0.6) is 0 Å². The Balaban J connectivity index is 2.22. The van der Waals surface area contributed by atoms with Crippen molar-refractivity contribution in [1.82, 2.24) is 9.55 Å². The molecule has 0 saturated heterocycles. The predicted molar refractivity (Wildman–Crippen MR) is 40.3 cm³/mol. The van der Waals surface area contributed by atoms with Gasteiger partial charge in [-0.2, -0.15) is 0 Å². The lowest BCUT2D eigenvalue weighted by Gasteiger charge is -2.01. The molecule has 1 aromatic heterocycles. The second kappa shape index (κ2) is 2.49. The largest absolute Gasteiger partial charge is 0.331 e. The molecule has 1 aliphatic carbocycles. The Morgan fingerprint density at radius 2 is 2.55 bits per heavy atom. The van der Waals surface area contributed by atoms with Gasteiger partial charge in [0.15, 0.2) is 0 Å². The van der Waals surface area contributed by atoms with Crippen molar-refractivity contribution in [2.45, 2.75) is 25.3 Å². The SMILES string of the molecule is O=CCc1cncn1C1CC1. The number of aldehydes is 1. The number of aromatic nitrogens is 2. The summed E-state index contributed by atoms with van der Waals surface area (Å²) in [6, 6.07) is 0.632. The lowest BCUT2D eigenvalue weighted by Crippen LogP contribution is -1.98. The molecule has 1 fully saturated rings. The zero-order valence-electron chi connectivity index (χ0n) is 6.23. The van der Waals surface area contributed by atoms with E-state index in [0.29, 0.717) is 12.5 Å². The van der Waals surface area contributed by atoms with Crippen LogP contribution in [0, 0.1) is 0 Å². The van der Waals surface area contributed by atoms with Gasteiger partial charge in [-0.25, -0.2) is 4.98 Å². The molecule has 1 aromatic rings. The fraction of sp³-hybridized carbons (Fsp3) is 0.500. The first-order chi connectivity index (χ1) is 5.42. The second-order valence-corrected chi connectivity index (χ2v) is 2.89. The number of rotatable bonds is 3. The summed E-state index contributed by atoms with van der Waals surface area (Å²) in [5, 5.41) is 0. The summed E-state index contributed by atoms with van der Waals surface area (Å²) in [5.74, 6) is 0. The van der Waals surface area contributed by atoms with Gasteiger partial charge in [-0.15, -0.1) is 0 Å². The molecule has 0 spiro atoms. The van der Waals surface area contributed by atoms with E-state index >= 15 is 0 Å². The summed E-state index contributed by atoms with van der Waals surface area (Å²) in [6.45, 7) is 0. The third kappa shape index (κ3) is 1.18. The molecule has 0 N–H and O–H groups in total. The Morgan fingerprint density at radius 1 is 1.73 bits per heavy atom. The molecule has 11 heavy (non-hydrogen) atoms. The number of carbonyl (C=O) groups excluding carboxylic acids is 1. The van der Waals surface area contributed by atoms with Crippen LogP contribution in [0.25, 0.3) is 0 Å². The Hall–Kier alpha value is -1.12. The molecule has 3 nitrogen and oxygen atoms in total. The van der Waals surface area contributed by atoms with Gasteiger partial charge in [-0.1, -0.05) is 0 Å². The van der Waals surface area contributed by atoms with Gasteiger partial charge in [0, 0.05) is 24.4 Å². The molecular weight excluding hydrogens is 140 g/mol. The van der Waals surface area contributed by atoms with Crippen LogP contribution >= 0.6 is 0 Å². The van der Waals surface area contributed by atoms with Crippen molar-refractivity contribution in [3.8, 4) is 0 Å². The Kier molecular flexibility index (Phi) is 1.49. The fourth-order valence-corrected chi connectivity index (χ4v) is 1.26. The molecule has 0 aromatic carbocycles.